The van der Waals surface area contributed by atoms with Crippen molar-refractivity contribution in [2.45, 2.75) is 12.5 Å². The highest BCUT2D eigenvalue weighted by atomic mass is 35.5. The molecule has 2 aromatic rings. The van der Waals surface area contributed by atoms with Crippen LogP contribution in [0.25, 0.3) is 0 Å². The summed E-state index contributed by atoms with van der Waals surface area (Å²) in [5.74, 6) is -0.0244. The first-order valence-electron chi connectivity index (χ1n) is 7.34. The van der Waals surface area contributed by atoms with Crippen LogP contribution in [0.4, 0.5) is 4.39 Å². The molecular weight excluding hydrogens is 337 g/mol. The van der Waals surface area contributed by atoms with E-state index in [1.54, 1.807) is 4.90 Å². The third-order valence-corrected chi connectivity index (χ3v) is 3.99. The van der Waals surface area contributed by atoms with Crippen LogP contribution >= 0.6 is 11.6 Å². The van der Waals surface area contributed by atoms with Gasteiger partial charge in [-0.2, -0.15) is 4.98 Å². The van der Waals surface area contributed by atoms with Crippen molar-refractivity contribution in [2.24, 2.45) is 0 Å². The van der Waals surface area contributed by atoms with Crippen molar-refractivity contribution < 1.29 is 18.7 Å². The zero-order chi connectivity index (χ0) is 17.1. The molecule has 126 valence electrons. The van der Waals surface area contributed by atoms with Crippen molar-refractivity contribution in [1.29, 1.82) is 0 Å². The maximum Gasteiger partial charge on any atom is 0.255 e. The summed E-state index contributed by atoms with van der Waals surface area (Å²) in [6, 6.07) is 3.74. The summed E-state index contributed by atoms with van der Waals surface area (Å²) in [4.78, 5) is 22.2. The van der Waals surface area contributed by atoms with Crippen LogP contribution in [0.1, 0.15) is 16.8 Å². The van der Waals surface area contributed by atoms with E-state index in [1.807, 2.05) is 0 Å². The first-order chi connectivity index (χ1) is 11.6. The van der Waals surface area contributed by atoms with E-state index in [2.05, 4.69) is 9.97 Å². The number of hydrogen-bond donors (Lipinski definition) is 0. The largest absolute Gasteiger partial charge is 0.480 e. The topological polar surface area (TPSA) is 64.6 Å². The molecule has 24 heavy (non-hydrogen) atoms. The van der Waals surface area contributed by atoms with Gasteiger partial charge in [-0.15, -0.1) is 0 Å². The Hall–Kier alpha value is -2.41. The fourth-order valence-corrected chi connectivity index (χ4v) is 2.75. The van der Waals surface area contributed by atoms with E-state index in [1.165, 1.54) is 31.6 Å². The fourth-order valence-electron chi connectivity index (χ4n) is 2.50. The first kappa shape index (κ1) is 16.4. The fraction of sp³-hybridized carbons (Fsp3) is 0.312. The minimum Gasteiger partial charge on any atom is -0.480 e. The van der Waals surface area contributed by atoms with Gasteiger partial charge in [0.1, 0.15) is 11.9 Å². The number of aromatic nitrogens is 2. The summed E-state index contributed by atoms with van der Waals surface area (Å²) in [6.07, 6.45) is 3.43. The number of rotatable bonds is 4. The van der Waals surface area contributed by atoms with Gasteiger partial charge in [0, 0.05) is 13.0 Å². The second-order valence-corrected chi connectivity index (χ2v) is 5.71. The van der Waals surface area contributed by atoms with Gasteiger partial charge in [0.2, 0.25) is 11.8 Å². The molecule has 0 aliphatic carbocycles. The first-order valence-corrected chi connectivity index (χ1v) is 7.71. The molecule has 1 amide bonds. The summed E-state index contributed by atoms with van der Waals surface area (Å²) in [6.45, 7) is 0.917. The minimum absolute atomic E-state index is 0.100. The molecule has 1 saturated heterocycles. The van der Waals surface area contributed by atoms with E-state index < -0.39 is 5.82 Å². The Balaban J connectivity index is 1.65. The lowest BCUT2D eigenvalue weighted by Crippen LogP contribution is -2.31. The predicted molar refractivity (Wildman–Crippen MR) is 84.9 cm³/mol. The highest BCUT2D eigenvalue weighted by Crippen LogP contribution is 2.23. The zero-order valence-corrected chi connectivity index (χ0v) is 13.7. The summed E-state index contributed by atoms with van der Waals surface area (Å²) in [7, 11) is 1.50. The Bertz CT molecular complexity index is 759. The third-order valence-electron chi connectivity index (χ3n) is 3.68. The number of benzene rings is 1. The number of likely N-dealkylation sites (tertiary alicyclic amines) is 1. The van der Waals surface area contributed by atoms with Gasteiger partial charge in [0.15, 0.2) is 0 Å². The van der Waals surface area contributed by atoms with Crippen LogP contribution in [-0.2, 0) is 0 Å². The highest BCUT2D eigenvalue weighted by Gasteiger charge is 2.29. The number of nitrogens with zero attached hydrogens (tertiary/aromatic N) is 3. The van der Waals surface area contributed by atoms with E-state index >= 15 is 0 Å². The number of carbonyl (C=O) groups excluding carboxylic acids is 1. The predicted octanol–water partition coefficient (Wildman–Crippen LogP) is 2.57. The summed E-state index contributed by atoms with van der Waals surface area (Å²) >= 11 is 5.95. The van der Waals surface area contributed by atoms with Gasteiger partial charge in [-0.25, -0.2) is 4.39 Å². The molecule has 0 spiro atoms. The molecule has 6 nitrogen and oxygen atoms in total. The van der Waals surface area contributed by atoms with Crippen LogP contribution in [0, 0.1) is 5.82 Å². The molecule has 1 aliphatic rings. The number of amides is 1. The molecule has 1 fully saturated rings. The Labute approximate surface area is 143 Å². The molecule has 0 radical (unpaired) electrons. The van der Waals surface area contributed by atoms with Gasteiger partial charge < -0.3 is 14.4 Å². The normalized spacial score (nSPS) is 17.0. The Morgan fingerprint density at radius 3 is 2.92 bits per heavy atom. The van der Waals surface area contributed by atoms with Crippen molar-refractivity contribution in [3.8, 4) is 11.8 Å². The van der Waals surface area contributed by atoms with E-state index in [0.717, 1.165) is 6.07 Å². The standard InChI is InChI=1S/C16H15ClFN3O3/c1-23-14-7-19-8-15(20-14)24-11-4-5-21(9-11)16(22)12-3-2-10(18)6-13(12)17/h2-3,6-8,11H,4-5,9H2,1H3/t11-/m1/s1. The van der Waals surface area contributed by atoms with Crippen LogP contribution < -0.4 is 9.47 Å². The van der Waals surface area contributed by atoms with Crippen LogP contribution in [-0.4, -0.2) is 47.1 Å². The molecule has 8 heteroatoms. The lowest BCUT2D eigenvalue weighted by Gasteiger charge is -2.17. The van der Waals surface area contributed by atoms with Gasteiger partial charge in [-0.3, -0.25) is 9.78 Å². The summed E-state index contributed by atoms with van der Waals surface area (Å²) in [5, 5.41) is 0.100. The van der Waals surface area contributed by atoms with Crippen LogP contribution in [0.5, 0.6) is 11.8 Å². The number of hydrogen-bond acceptors (Lipinski definition) is 5. The van der Waals surface area contributed by atoms with Gasteiger partial charge in [0.25, 0.3) is 5.91 Å². The molecule has 1 aromatic heterocycles. The van der Waals surface area contributed by atoms with Crippen molar-refractivity contribution in [3.63, 3.8) is 0 Å². The SMILES string of the molecule is COc1cncc(O[C@@H]2CCN(C(=O)c3ccc(F)cc3Cl)C2)n1. The summed E-state index contributed by atoms with van der Waals surface area (Å²) in [5.41, 5.74) is 0.278. The molecule has 1 aliphatic heterocycles. The lowest BCUT2D eigenvalue weighted by atomic mass is 10.2. The third kappa shape index (κ3) is 3.56. The van der Waals surface area contributed by atoms with Crippen molar-refractivity contribution in [1.82, 2.24) is 14.9 Å². The second kappa shape index (κ2) is 7.00. The second-order valence-electron chi connectivity index (χ2n) is 5.30. The molecule has 2 heterocycles. The number of carbonyl (C=O) groups is 1. The number of methoxy groups -OCH3 is 1. The highest BCUT2D eigenvalue weighted by molar-refractivity contribution is 6.33. The Kier molecular flexibility index (Phi) is 4.80. The maximum absolute atomic E-state index is 13.1. The van der Waals surface area contributed by atoms with Gasteiger partial charge in [-0.1, -0.05) is 11.6 Å². The van der Waals surface area contributed by atoms with Crippen molar-refractivity contribution in [2.75, 3.05) is 20.2 Å². The van der Waals surface area contributed by atoms with Crippen LogP contribution in [0.3, 0.4) is 0 Å². The molecule has 0 saturated carbocycles. The maximum atomic E-state index is 13.1. The van der Waals surface area contributed by atoms with E-state index in [4.69, 9.17) is 21.1 Å². The van der Waals surface area contributed by atoms with E-state index in [9.17, 15) is 9.18 Å². The van der Waals surface area contributed by atoms with Gasteiger partial charge in [-0.05, 0) is 18.2 Å². The van der Waals surface area contributed by atoms with Gasteiger partial charge >= 0.3 is 0 Å². The number of ether oxygens (including phenoxy) is 2. The molecule has 1 aromatic carbocycles. The minimum atomic E-state index is -0.476. The molecule has 0 bridgehead atoms. The summed E-state index contributed by atoms with van der Waals surface area (Å²) < 4.78 is 23.8. The zero-order valence-electron chi connectivity index (χ0n) is 12.9. The number of halogens is 2. The monoisotopic (exact) mass is 351 g/mol. The van der Waals surface area contributed by atoms with Crippen LogP contribution in [0.15, 0.2) is 30.6 Å². The van der Waals surface area contributed by atoms with E-state index in [-0.39, 0.29) is 22.6 Å². The van der Waals surface area contributed by atoms with Crippen molar-refractivity contribution >= 4 is 17.5 Å². The van der Waals surface area contributed by atoms with E-state index in [0.29, 0.717) is 31.3 Å². The van der Waals surface area contributed by atoms with Crippen LogP contribution in [0.2, 0.25) is 5.02 Å². The molecular formula is C16H15ClFN3O3. The molecule has 1 atom stereocenters. The molecule has 0 N–H and O–H groups in total. The lowest BCUT2D eigenvalue weighted by molar-refractivity contribution is 0.0771. The molecule has 3 rings (SSSR count). The average Bonchev–Trinajstić information content (AvgIpc) is 3.03. The van der Waals surface area contributed by atoms with Crippen molar-refractivity contribution in [3.05, 3.63) is 47.0 Å². The Morgan fingerprint density at radius 1 is 1.38 bits per heavy atom. The Morgan fingerprint density at radius 2 is 2.17 bits per heavy atom. The van der Waals surface area contributed by atoms with Gasteiger partial charge in [0.05, 0.1) is 36.6 Å². The smallest absolute Gasteiger partial charge is 0.255 e. The average molecular weight is 352 g/mol. The molecule has 0 unspecified atom stereocenters. The quantitative estimate of drug-likeness (QED) is 0.847.